The number of hydrogen-bond acceptors (Lipinski definition) is 6. The number of rotatable bonds is 2. The third kappa shape index (κ3) is 1.98. The molecule has 6 N–H and O–H groups in total. The first-order valence-electron chi connectivity index (χ1n) is 4.12. The summed E-state index contributed by atoms with van der Waals surface area (Å²) >= 11 is 0. The highest BCUT2D eigenvalue weighted by Gasteiger charge is 2.42. The molecule has 0 aromatic rings. The van der Waals surface area contributed by atoms with Crippen molar-refractivity contribution in [1.29, 1.82) is 0 Å². The lowest BCUT2D eigenvalue weighted by Gasteiger charge is -2.39. The third-order valence-corrected chi connectivity index (χ3v) is 2.22. The van der Waals surface area contributed by atoms with E-state index in [0.717, 1.165) is 0 Å². The van der Waals surface area contributed by atoms with Crippen LogP contribution >= 0.6 is 0 Å². The maximum atomic E-state index is 9.32. The molecule has 1 rings (SSSR count). The second-order valence-electron chi connectivity index (χ2n) is 3.10. The highest BCUT2D eigenvalue weighted by Crippen LogP contribution is 2.20. The zero-order valence-corrected chi connectivity index (χ0v) is 7.08. The molecule has 0 bridgehead atoms. The summed E-state index contributed by atoms with van der Waals surface area (Å²) in [7, 11) is 0. The first-order chi connectivity index (χ1) is 6.11. The van der Waals surface area contributed by atoms with Crippen LogP contribution in [-0.4, -0.2) is 64.1 Å². The molecule has 1 heterocycles. The number of ether oxygens (including phenoxy) is 1. The maximum Gasteiger partial charge on any atom is 0.111 e. The standard InChI is InChI=1S/C7H15NO5/c8-1-3-5(10)7(12)6(11)4(2-9)13-3/h3-7,9-12H,1-2,8H2/t3-,4-,5+,6-,7-/m0/s1. The van der Waals surface area contributed by atoms with E-state index in [4.69, 9.17) is 15.6 Å². The van der Waals surface area contributed by atoms with Crippen molar-refractivity contribution in [2.75, 3.05) is 13.2 Å². The first kappa shape index (κ1) is 10.8. The Morgan fingerprint density at radius 1 is 1.00 bits per heavy atom. The van der Waals surface area contributed by atoms with Gasteiger partial charge in [-0.25, -0.2) is 0 Å². The molecular weight excluding hydrogens is 178 g/mol. The molecule has 0 aromatic carbocycles. The van der Waals surface area contributed by atoms with Crippen LogP contribution in [-0.2, 0) is 4.74 Å². The van der Waals surface area contributed by atoms with Gasteiger partial charge in [-0.2, -0.15) is 0 Å². The Morgan fingerprint density at radius 2 is 1.54 bits per heavy atom. The Bertz CT molecular complexity index is 147. The van der Waals surface area contributed by atoms with E-state index in [0.29, 0.717) is 0 Å². The summed E-state index contributed by atoms with van der Waals surface area (Å²) in [5, 5.41) is 36.7. The van der Waals surface area contributed by atoms with Crippen LogP contribution in [0.5, 0.6) is 0 Å². The van der Waals surface area contributed by atoms with Crippen molar-refractivity contribution in [1.82, 2.24) is 0 Å². The lowest BCUT2D eigenvalue weighted by atomic mass is 9.95. The summed E-state index contributed by atoms with van der Waals surface area (Å²) in [6.07, 6.45) is -5.42. The molecule has 1 saturated heterocycles. The van der Waals surface area contributed by atoms with Crippen molar-refractivity contribution >= 4 is 0 Å². The second-order valence-corrected chi connectivity index (χ2v) is 3.10. The summed E-state index contributed by atoms with van der Waals surface area (Å²) in [5.74, 6) is 0. The predicted octanol–water partition coefficient (Wildman–Crippen LogP) is -3.21. The van der Waals surface area contributed by atoms with Gasteiger partial charge in [-0.15, -0.1) is 0 Å². The molecule has 0 saturated carbocycles. The summed E-state index contributed by atoms with van der Waals surface area (Å²) < 4.78 is 5.04. The van der Waals surface area contributed by atoms with Gasteiger partial charge in [-0.1, -0.05) is 0 Å². The quantitative estimate of drug-likeness (QED) is 0.315. The molecule has 0 spiro atoms. The Kier molecular flexibility index (Phi) is 3.60. The van der Waals surface area contributed by atoms with Gasteiger partial charge in [0.05, 0.1) is 12.7 Å². The van der Waals surface area contributed by atoms with E-state index < -0.39 is 37.1 Å². The van der Waals surface area contributed by atoms with Gasteiger partial charge < -0.3 is 30.9 Å². The van der Waals surface area contributed by atoms with Crippen LogP contribution in [0.3, 0.4) is 0 Å². The van der Waals surface area contributed by atoms with Crippen LogP contribution in [0.15, 0.2) is 0 Å². The Hall–Kier alpha value is -0.240. The van der Waals surface area contributed by atoms with Crippen LogP contribution < -0.4 is 5.73 Å². The molecule has 6 nitrogen and oxygen atoms in total. The topological polar surface area (TPSA) is 116 Å². The van der Waals surface area contributed by atoms with Crippen LogP contribution in [0.25, 0.3) is 0 Å². The maximum absolute atomic E-state index is 9.32. The fraction of sp³-hybridized carbons (Fsp3) is 1.00. The van der Waals surface area contributed by atoms with Crippen molar-refractivity contribution in [3.8, 4) is 0 Å². The Labute approximate surface area is 75.6 Å². The smallest absolute Gasteiger partial charge is 0.111 e. The Balaban J connectivity index is 2.66. The molecule has 1 aliphatic rings. The van der Waals surface area contributed by atoms with Crippen LogP contribution in [0, 0.1) is 0 Å². The fourth-order valence-corrected chi connectivity index (χ4v) is 1.37. The van der Waals surface area contributed by atoms with Crippen LogP contribution in [0.4, 0.5) is 0 Å². The molecule has 1 fully saturated rings. The van der Waals surface area contributed by atoms with Gasteiger partial charge in [0.15, 0.2) is 0 Å². The fourth-order valence-electron chi connectivity index (χ4n) is 1.37. The molecular formula is C7H15NO5. The first-order valence-corrected chi connectivity index (χ1v) is 4.12. The van der Waals surface area contributed by atoms with Crippen LogP contribution in [0.1, 0.15) is 0 Å². The zero-order valence-electron chi connectivity index (χ0n) is 7.08. The summed E-state index contributed by atoms with van der Waals surface area (Å²) in [4.78, 5) is 0. The largest absolute Gasteiger partial charge is 0.394 e. The summed E-state index contributed by atoms with van der Waals surface area (Å²) in [6, 6.07) is 0. The number of nitrogens with two attached hydrogens (primary N) is 1. The summed E-state index contributed by atoms with van der Waals surface area (Å²) in [6.45, 7) is -0.386. The normalized spacial score (nSPS) is 46.4. The molecule has 6 heteroatoms. The van der Waals surface area contributed by atoms with Crippen molar-refractivity contribution in [3.63, 3.8) is 0 Å². The van der Waals surface area contributed by atoms with Crippen molar-refractivity contribution in [2.45, 2.75) is 30.5 Å². The van der Waals surface area contributed by atoms with Crippen molar-refractivity contribution < 1.29 is 25.2 Å². The summed E-state index contributed by atoms with van der Waals surface area (Å²) in [5.41, 5.74) is 5.26. The van der Waals surface area contributed by atoms with E-state index in [1.807, 2.05) is 0 Å². The molecule has 0 aromatic heterocycles. The zero-order chi connectivity index (χ0) is 10.0. The van der Waals surface area contributed by atoms with E-state index in [9.17, 15) is 15.3 Å². The van der Waals surface area contributed by atoms with E-state index >= 15 is 0 Å². The van der Waals surface area contributed by atoms with Gasteiger partial charge in [0.25, 0.3) is 0 Å². The molecule has 0 amide bonds. The lowest BCUT2D eigenvalue weighted by Crippen LogP contribution is -2.60. The number of aliphatic hydroxyl groups excluding tert-OH is 4. The highest BCUT2D eigenvalue weighted by atomic mass is 16.5. The highest BCUT2D eigenvalue weighted by molar-refractivity contribution is 4.92. The van der Waals surface area contributed by atoms with Gasteiger partial charge in [0.1, 0.15) is 24.4 Å². The monoisotopic (exact) mass is 193 g/mol. The molecule has 0 aliphatic carbocycles. The third-order valence-electron chi connectivity index (χ3n) is 2.22. The van der Waals surface area contributed by atoms with Gasteiger partial charge in [0.2, 0.25) is 0 Å². The minimum atomic E-state index is -1.32. The van der Waals surface area contributed by atoms with Gasteiger partial charge in [-0.3, -0.25) is 0 Å². The SMILES string of the molecule is NC[C@@H]1O[C@@H](CO)[C@H](O)[C@@H](O)[C@@H]1O. The number of aliphatic hydroxyl groups is 4. The lowest BCUT2D eigenvalue weighted by molar-refractivity contribution is -0.226. The van der Waals surface area contributed by atoms with E-state index in [1.54, 1.807) is 0 Å². The molecule has 0 radical (unpaired) electrons. The minimum Gasteiger partial charge on any atom is -0.394 e. The average Bonchev–Trinajstić information content (AvgIpc) is 2.15. The van der Waals surface area contributed by atoms with E-state index in [-0.39, 0.29) is 6.54 Å². The molecule has 1 aliphatic heterocycles. The van der Waals surface area contributed by atoms with E-state index in [2.05, 4.69) is 0 Å². The van der Waals surface area contributed by atoms with Crippen molar-refractivity contribution in [3.05, 3.63) is 0 Å². The van der Waals surface area contributed by atoms with Gasteiger partial charge >= 0.3 is 0 Å². The second kappa shape index (κ2) is 4.32. The molecule has 5 atom stereocenters. The van der Waals surface area contributed by atoms with Crippen LogP contribution in [0.2, 0.25) is 0 Å². The Morgan fingerprint density at radius 3 is 2.00 bits per heavy atom. The predicted molar refractivity (Wildman–Crippen MR) is 42.8 cm³/mol. The van der Waals surface area contributed by atoms with Crippen molar-refractivity contribution in [2.24, 2.45) is 5.73 Å². The number of hydrogen-bond donors (Lipinski definition) is 5. The van der Waals surface area contributed by atoms with E-state index in [1.165, 1.54) is 0 Å². The van der Waals surface area contributed by atoms with Gasteiger partial charge in [0, 0.05) is 6.54 Å². The minimum absolute atomic E-state index is 0.0292. The average molecular weight is 193 g/mol. The molecule has 13 heavy (non-hydrogen) atoms. The molecule has 0 unspecified atom stereocenters. The van der Waals surface area contributed by atoms with Gasteiger partial charge in [-0.05, 0) is 0 Å². The molecule has 78 valence electrons.